The van der Waals surface area contributed by atoms with Crippen molar-refractivity contribution in [1.29, 1.82) is 0 Å². The number of aromatic nitrogens is 1. The van der Waals surface area contributed by atoms with Gasteiger partial charge in [0.15, 0.2) is 0 Å². The molecule has 0 saturated carbocycles. The number of pyridine rings is 1. The number of rotatable bonds is 5. The maximum atomic E-state index is 12.1. The zero-order valence-corrected chi connectivity index (χ0v) is 11.5. The lowest BCUT2D eigenvalue weighted by Gasteiger charge is -2.24. The molecule has 1 heterocycles. The second kappa shape index (κ2) is 6.23. The fourth-order valence-corrected chi connectivity index (χ4v) is 1.82. The number of amides is 1. The Morgan fingerprint density at radius 2 is 2.11 bits per heavy atom. The maximum absolute atomic E-state index is 12.1. The van der Waals surface area contributed by atoms with Crippen molar-refractivity contribution in [3.8, 4) is 0 Å². The summed E-state index contributed by atoms with van der Waals surface area (Å²) in [5.41, 5.74) is 7.21. The van der Waals surface area contributed by atoms with Gasteiger partial charge in [0.1, 0.15) is 11.9 Å². The van der Waals surface area contributed by atoms with Crippen LogP contribution in [0.5, 0.6) is 0 Å². The molecule has 100 valence electrons. The van der Waals surface area contributed by atoms with Crippen molar-refractivity contribution in [2.24, 2.45) is 0 Å². The average molecular weight is 250 g/mol. The Kier molecular flexibility index (Phi) is 4.95. The van der Waals surface area contributed by atoms with Gasteiger partial charge in [0.2, 0.25) is 5.91 Å². The summed E-state index contributed by atoms with van der Waals surface area (Å²) in [6.45, 7) is 9.14. The fraction of sp³-hybridized carbons (Fsp3) is 0.538. The molecule has 1 unspecified atom stereocenters. The summed E-state index contributed by atoms with van der Waals surface area (Å²) in [5, 5.41) is 3.13. The lowest BCUT2D eigenvalue weighted by molar-refractivity contribution is -0.131. The van der Waals surface area contributed by atoms with E-state index in [0.717, 1.165) is 18.7 Å². The highest BCUT2D eigenvalue weighted by molar-refractivity contribution is 5.84. The van der Waals surface area contributed by atoms with E-state index in [9.17, 15) is 4.79 Å². The van der Waals surface area contributed by atoms with E-state index in [2.05, 4.69) is 10.3 Å². The standard InChI is InChI=1S/C13H22N4O/c1-5-17(6-2)13(18)10(4)16-12-9(3)7-11(14)8-15-12/h7-8,10H,5-6,14H2,1-4H3,(H,15,16). The fourth-order valence-electron chi connectivity index (χ4n) is 1.82. The van der Waals surface area contributed by atoms with Crippen LogP contribution in [0.15, 0.2) is 12.3 Å². The van der Waals surface area contributed by atoms with Gasteiger partial charge in [-0.25, -0.2) is 4.98 Å². The Balaban J connectivity index is 2.75. The van der Waals surface area contributed by atoms with E-state index in [1.807, 2.05) is 33.8 Å². The van der Waals surface area contributed by atoms with Crippen LogP contribution >= 0.6 is 0 Å². The summed E-state index contributed by atoms with van der Waals surface area (Å²) in [5.74, 6) is 0.787. The second-order valence-electron chi connectivity index (χ2n) is 4.31. The molecule has 1 amide bonds. The van der Waals surface area contributed by atoms with E-state index in [1.165, 1.54) is 0 Å². The largest absolute Gasteiger partial charge is 0.397 e. The SMILES string of the molecule is CCN(CC)C(=O)C(C)Nc1ncc(N)cc1C. The van der Waals surface area contributed by atoms with Crippen LogP contribution in [-0.2, 0) is 4.79 Å². The number of carbonyl (C=O) groups is 1. The van der Waals surface area contributed by atoms with Crippen molar-refractivity contribution in [2.45, 2.75) is 33.7 Å². The van der Waals surface area contributed by atoms with Crippen molar-refractivity contribution >= 4 is 17.4 Å². The third-order valence-corrected chi connectivity index (χ3v) is 2.90. The molecule has 0 aromatic carbocycles. The minimum Gasteiger partial charge on any atom is -0.397 e. The molecule has 0 radical (unpaired) electrons. The predicted octanol–water partition coefficient (Wildman–Crippen LogP) is 1.64. The number of nitrogen functional groups attached to an aromatic ring is 1. The van der Waals surface area contributed by atoms with Crippen molar-refractivity contribution in [2.75, 3.05) is 24.1 Å². The summed E-state index contributed by atoms with van der Waals surface area (Å²) in [6, 6.07) is 1.55. The molecule has 1 atom stereocenters. The molecular formula is C13H22N4O. The van der Waals surface area contributed by atoms with Crippen molar-refractivity contribution < 1.29 is 4.79 Å². The highest BCUT2D eigenvalue weighted by Gasteiger charge is 2.18. The summed E-state index contributed by atoms with van der Waals surface area (Å²) < 4.78 is 0. The molecule has 1 aromatic heterocycles. The molecule has 5 nitrogen and oxygen atoms in total. The van der Waals surface area contributed by atoms with Crippen LogP contribution in [0.3, 0.4) is 0 Å². The Morgan fingerprint density at radius 1 is 1.50 bits per heavy atom. The van der Waals surface area contributed by atoms with E-state index in [1.54, 1.807) is 11.1 Å². The number of hydrogen-bond donors (Lipinski definition) is 2. The molecule has 0 aliphatic heterocycles. The van der Waals surface area contributed by atoms with Crippen LogP contribution < -0.4 is 11.1 Å². The molecule has 0 aliphatic carbocycles. The van der Waals surface area contributed by atoms with Gasteiger partial charge in [-0.2, -0.15) is 0 Å². The Hall–Kier alpha value is -1.78. The number of hydrogen-bond acceptors (Lipinski definition) is 4. The quantitative estimate of drug-likeness (QED) is 0.833. The molecule has 18 heavy (non-hydrogen) atoms. The molecule has 0 spiro atoms. The highest BCUT2D eigenvalue weighted by Crippen LogP contribution is 2.15. The molecular weight excluding hydrogens is 228 g/mol. The van der Waals surface area contributed by atoms with E-state index < -0.39 is 0 Å². The lowest BCUT2D eigenvalue weighted by atomic mass is 10.2. The van der Waals surface area contributed by atoms with Crippen LogP contribution in [0, 0.1) is 6.92 Å². The minimum atomic E-state index is -0.292. The van der Waals surface area contributed by atoms with Gasteiger partial charge in [-0.1, -0.05) is 0 Å². The monoisotopic (exact) mass is 250 g/mol. The van der Waals surface area contributed by atoms with Gasteiger partial charge in [-0.05, 0) is 39.3 Å². The summed E-state index contributed by atoms with van der Waals surface area (Å²) in [4.78, 5) is 18.1. The number of anilines is 2. The topological polar surface area (TPSA) is 71.2 Å². The number of nitrogens with one attached hydrogen (secondary N) is 1. The van der Waals surface area contributed by atoms with Crippen LogP contribution in [0.25, 0.3) is 0 Å². The van der Waals surface area contributed by atoms with E-state index in [0.29, 0.717) is 11.5 Å². The van der Waals surface area contributed by atoms with Crippen molar-refractivity contribution in [3.63, 3.8) is 0 Å². The lowest BCUT2D eigenvalue weighted by Crippen LogP contribution is -2.41. The number of likely N-dealkylation sites (N-methyl/N-ethyl adjacent to an activating group) is 1. The summed E-state index contributed by atoms with van der Waals surface area (Å²) in [7, 11) is 0. The van der Waals surface area contributed by atoms with Gasteiger partial charge in [0, 0.05) is 13.1 Å². The molecule has 0 aliphatic rings. The molecule has 3 N–H and O–H groups in total. The minimum absolute atomic E-state index is 0.0815. The van der Waals surface area contributed by atoms with Crippen LogP contribution in [0.4, 0.5) is 11.5 Å². The molecule has 5 heteroatoms. The summed E-state index contributed by atoms with van der Waals surface area (Å²) in [6.07, 6.45) is 1.59. The smallest absolute Gasteiger partial charge is 0.244 e. The summed E-state index contributed by atoms with van der Waals surface area (Å²) >= 11 is 0. The van der Waals surface area contributed by atoms with Gasteiger partial charge in [-0.15, -0.1) is 0 Å². The first-order valence-corrected chi connectivity index (χ1v) is 6.27. The van der Waals surface area contributed by atoms with E-state index in [4.69, 9.17) is 5.73 Å². The van der Waals surface area contributed by atoms with Gasteiger partial charge in [-0.3, -0.25) is 4.79 Å². The van der Waals surface area contributed by atoms with E-state index >= 15 is 0 Å². The first-order chi connectivity index (χ1) is 8.49. The Morgan fingerprint density at radius 3 is 2.61 bits per heavy atom. The van der Waals surface area contributed by atoms with Crippen LogP contribution in [-0.4, -0.2) is 34.9 Å². The number of nitrogens with two attached hydrogens (primary N) is 1. The molecule has 0 saturated heterocycles. The Labute approximate surface area is 108 Å². The predicted molar refractivity (Wildman–Crippen MR) is 74.4 cm³/mol. The zero-order valence-electron chi connectivity index (χ0n) is 11.5. The first kappa shape index (κ1) is 14.3. The zero-order chi connectivity index (χ0) is 13.7. The highest BCUT2D eigenvalue weighted by atomic mass is 16.2. The molecule has 0 bridgehead atoms. The third kappa shape index (κ3) is 3.35. The van der Waals surface area contributed by atoms with Crippen LogP contribution in [0.1, 0.15) is 26.3 Å². The van der Waals surface area contributed by atoms with Gasteiger partial charge in [0.05, 0.1) is 11.9 Å². The average Bonchev–Trinajstić information content (AvgIpc) is 2.34. The van der Waals surface area contributed by atoms with Gasteiger partial charge < -0.3 is 16.0 Å². The van der Waals surface area contributed by atoms with Gasteiger partial charge >= 0.3 is 0 Å². The molecule has 1 rings (SSSR count). The second-order valence-corrected chi connectivity index (χ2v) is 4.31. The van der Waals surface area contributed by atoms with Gasteiger partial charge in [0.25, 0.3) is 0 Å². The number of nitrogens with zero attached hydrogens (tertiary/aromatic N) is 2. The number of carbonyl (C=O) groups excluding carboxylic acids is 1. The third-order valence-electron chi connectivity index (χ3n) is 2.90. The van der Waals surface area contributed by atoms with Crippen molar-refractivity contribution in [3.05, 3.63) is 17.8 Å². The van der Waals surface area contributed by atoms with Crippen LogP contribution in [0.2, 0.25) is 0 Å². The Bertz CT molecular complexity index is 415. The normalized spacial score (nSPS) is 12.0. The molecule has 1 aromatic rings. The number of aryl methyl sites for hydroxylation is 1. The van der Waals surface area contributed by atoms with E-state index in [-0.39, 0.29) is 11.9 Å². The first-order valence-electron chi connectivity index (χ1n) is 6.27. The molecule has 0 fully saturated rings. The van der Waals surface area contributed by atoms with Crippen molar-refractivity contribution in [1.82, 2.24) is 9.88 Å². The maximum Gasteiger partial charge on any atom is 0.244 e.